The van der Waals surface area contributed by atoms with Crippen molar-refractivity contribution in [3.63, 3.8) is 0 Å². The van der Waals surface area contributed by atoms with Crippen LogP contribution in [0.4, 0.5) is 5.69 Å². The van der Waals surface area contributed by atoms with Crippen LogP contribution in [-0.2, 0) is 6.42 Å². The van der Waals surface area contributed by atoms with Crippen LogP contribution < -0.4 is 15.2 Å². The molecule has 2 rings (SSSR count). The summed E-state index contributed by atoms with van der Waals surface area (Å²) in [6, 6.07) is 7.08. The summed E-state index contributed by atoms with van der Waals surface area (Å²) in [4.78, 5) is 27.8. The molecule has 2 N–H and O–H groups in total. The molecule has 0 unspecified atom stereocenters. The molecule has 6 nitrogen and oxygen atoms in total. The van der Waals surface area contributed by atoms with E-state index in [1.54, 1.807) is 7.11 Å². The maximum Gasteiger partial charge on any atom is 0.341 e. The van der Waals surface area contributed by atoms with Gasteiger partial charge < -0.3 is 19.7 Å². The summed E-state index contributed by atoms with van der Waals surface area (Å²) in [7, 11) is 5.42. The maximum atomic E-state index is 12.0. The number of hydrogen-bond donors (Lipinski definition) is 2. The van der Waals surface area contributed by atoms with Crippen molar-refractivity contribution < 1.29 is 14.6 Å². The smallest absolute Gasteiger partial charge is 0.341 e. The Labute approximate surface area is 134 Å². The van der Waals surface area contributed by atoms with E-state index in [1.165, 1.54) is 6.07 Å². The number of benzene rings is 1. The number of carboxylic acids is 1. The van der Waals surface area contributed by atoms with Crippen molar-refractivity contribution in [2.24, 2.45) is 0 Å². The van der Waals surface area contributed by atoms with Crippen LogP contribution in [0, 0.1) is 0 Å². The van der Waals surface area contributed by atoms with Crippen LogP contribution in [0.2, 0.25) is 0 Å². The number of H-pyrrole nitrogens is 1. The minimum atomic E-state index is -1.23. The molecule has 0 aliphatic carbocycles. The maximum absolute atomic E-state index is 12.0. The van der Waals surface area contributed by atoms with E-state index in [0.717, 1.165) is 16.8 Å². The Kier molecular flexibility index (Phi) is 4.74. The Hall–Kier alpha value is -2.76. The standard InChI is InChI=1S/C17H20N2O4/c1-5-10-8-13(17(21)22)16(20)18-15(10)12-7-6-11(19(2)3)9-14(12)23-4/h6-9H,5H2,1-4H3,(H,18,20)(H,21,22). The molecule has 0 radical (unpaired) electrons. The molecule has 1 aromatic carbocycles. The Morgan fingerprint density at radius 2 is 2.00 bits per heavy atom. The molecule has 0 amide bonds. The molecule has 6 heteroatoms. The number of nitrogens with zero attached hydrogens (tertiary/aromatic N) is 1. The van der Waals surface area contributed by atoms with E-state index in [1.807, 2.05) is 44.1 Å². The molecule has 23 heavy (non-hydrogen) atoms. The second-order valence-electron chi connectivity index (χ2n) is 5.35. The van der Waals surface area contributed by atoms with Crippen molar-refractivity contribution in [3.8, 4) is 17.0 Å². The van der Waals surface area contributed by atoms with E-state index in [-0.39, 0.29) is 5.56 Å². The predicted molar refractivity (Wildman–Crippen MR) is 89.7 cm³/mol. The lowest BCUT2D eigenvalue weighted by atomic mass is 10.0. The Morgan fingerprint density at radius 3 is 2.52 bits per heavy atom. The van der Waals surface area contributed by atoms with Crippen molar-refractivity contribution in [2.75, 3.05) is 26.1 Å². The lowest BCUT2D eigenvalue weighted by Gasteiger charge is -2.17. The van der Waals surface area contributed by atoms with Crippen molar-refractivity contribution in [3.05, 3.63) is 45.7 Å². The summed E-state index contributed by atoms with van der Waals surface area (Å²) < 4.78 is 5.44. The zero-order chi connectivity index (χ0) is 17.1. The highest BCUT2D eigenvalue weighted by Gasteiger charge is 2.17. The molecule has 0 atom stereocenters. The molecule has 0 bridgehead atoms. The molecule has 0 saturated carbocycles. The van der Waals surface area contributed by atoms with E-state index < -0.39 is 11.5 Å². The van der Waals surface area contributed by atoms with Crippen LogP contribution >= 0.6 is 0 Å². The quantitative estimate of drug-likeness (QED) is 0.885. The van der Waals surface area contributed by atoms with E-state index >= 15 is 0 Å². The largest absolute Gasteiger partial charge is 0.496 e. The highest BCUT2D eigenvalue weighted by Crippen LogP contribution is 2.33. The van der Waals surface area contributed by atoms with Gasteiger partial charge in [-0.3, -0.25) is 4.79 Å². The van der Waals surface area contributed by atoms with Crippen LogP contribution in [0.25, 0.3) is 11.3 Å². The first kappa shape index (κ1) is 16.6. The third-order valence-corrected chi connectivity index (χ3v) is 3.70. The van der Waals surface area contributed by atoms with Gasteiger partial charge in [0, 0.05) is 31.4 Å². The average Bonchev–Trinajstić information content (AvgIpc) is 2.53. The monoisotopic (exact) mass is 316 g/mol. The number of nitrogens with one attached hydrogen (secondary N) is 1. The molecule has 1 heterocycles. The highest BCUT2D eigenvalue weighted by molar-refractivity contribution is 5.88. The zero-order valence-corrected chi connectivity index (χ0v) is 13.6. The van der Waals surface area contributed by atoms with E-state index in [0.29, 0.717) is 17.9 Å². The molecule has 122 valence electrons. The summed E-state index contributed by atoms with van der Waals surface area (Å²) in [5.74, 6) is -0.618. The number of hydrogen-bond acceptors (Lipinski definition) is 4. The molecule has 0 saturated heterocycles. The first-order valence-electron chi connectivity index (χ1n) is 7.24. The first-order chi connectivity index (χ1) is 10.9. The van der Waals surface area contributed by atoms with Gasteiger partial charge in [-0.05, 0) is 30.2 Å². The molecule has 0 aliphatic rings. The summed E-state index contributed by atoms with van der Waals surface area (Å²) in [6.45, 7) is 1.91. The zero-order valence-electron chi connectivity index (χ0n) is 13.6. The molecular formula is C17H20N2O4. The predicted octanol–water partition coefficient (Wildman–Crippen LogP) is 2.38. The van der Waals surface area contributed by atoms with Crippen LogP contribution in [0.3, 0.4) is 0 Å². The minimum Gasteiger partial charge on any atom is -0.496 e. The van der Waals surface area contributed by atoms with Gasteiger partial charge >= 0.3 is 5.97 Å². The van der Waals surface area contributed by atoms with Gasteiger partial charge in [0.15, 0.2) is 0 Å². The average molecular weight is 316 g/mol. The second-order valence-corrected chi connectivity index (χ2v) is 5.35. The lowest BCUT2D eigenvalue weighted by Crippen LogP contribution is -2.19. The van der Waals surface area contributed by atoms with Crippen LogP contribution in [0.1, 0.15) is 22.8 Å². The number of aryl methyl sites for hydroxylation is 1. The topological polar surface area (TPSA) is 82.6 Å². The third-order valence-electron chi connectivity index (χ3n) is 3.70. The number of carbonyl (C=O) groups is 1. The number of rotatable bonds is 5. The lowest BCUT2D eigenvalue weighted by molar-refractivity contribution is 0.0695. The number of ether oxygens (including phenoxy) is 1. The van der Waals surface area contributed by atoms with Crippen LogP contribution in [0.5, 0.6) is 5.75 Å². The summed E-state index contributed by atoms with van der Waals surface area (Å²) in [6.07, 6.45) is 0.588. The summed E-state index contributed by atoms with van der Waals surface area (Å²) in [5, 5.41) is 9.10. The molecule has 1 aromatic heterocycles. The third kappa shape index (κ3) is 3.21. The van der Waals surface area contributed by atoms with Gasteiger partial charge in [0.2, 0.25) is 0 Å². The van der Waals surface area contributed by atoms with E-state index in [9.17, 15) is 9.59 Å². The van der Waals surface area contributed by atoms with Crippen LogP contribution in [0.15, 0.2) is 29.1 Å². The molecule has 0 spiro atoms. The molecule has 0 fully saturated rings. The van der Waals surface area contributed by atoms with Crippen molar-refractivity contribution in [1.29, 1.82) is 0 Å². The number of anilines is 1. The van der Waals surface area contributed by atoms with Gasteiger partial charge in [0.1, 0.15) is 11.3 Å². The number of aromatic amines is 1. The fourth-order valence-corrected chi connectivity index (χ4v) is 2.42. The number of aromatic carboxylic acids is 1. The van der Waals surface area contributed by atoms with Crippen molar-refractivity contribution in [2.45, 2.75) is 13.3 Å². The fourth-order valence-electron chi connectivity index (χ4n) is 2.42. The van der Waals surface area contributed by atoms with Crippen LogP contribution in [-0.4, -0.2) is 37.3 Å². The van der Waals surface area contributed by atoms with Gasteiger partial charge in [-0.25, -0.2) is 4.79 Å². The summed E-state index contributed by atoms with van der Waals surface area (Å²) >= 11 is 0. The number of methoxy groups -OCH3 is 1. The highest BCUT2D eigenvalue weighted by atomic mass is 16.5. The molecule has 0 aliphatic heterocycles. The summed E-state index contributed by atoms with van der Waals surface area (Å²) in [5.41, 5.74) is 2.15. The molecular weight excluding hydrogens is 296 g/mol. The first-order valence-corrected chi connectivity index (χ1v) is 7.24. The van der Waals surface area contributed by atoms with Gasteiger partial charge in [-0.2, -0.15) is 0 Å². The number of carboxylic acid groups (broad SMARTS) is 1. The number of aromatic nitrogens is 1. The fraction of sp³-hybridized carbons (Fsp3) is 0.294. The Bertz CT molecular complexity index is 794. The van der Waals surface area contributed by atoms with Crippen molar-refractivity contribution >= 4 is 11.7 Å². The normalized spacial score (nSPS) is 10.4. The SMILES string of the molecule is CCc1cc(C(=O)O)c(=O)[nH]c1-c1ccc(N(C)C)cc1OC. The van der Waals surface area contributed by atoms with Gasteiger partial charge in [0.25, 0.3) is 5.56 Å². The number of pyridine rings is 1. The minimum absolute atomic E-state index is 0.255. The Balaban J connectivity index is 2.69. The van der Waals surface area contributed by atoms with Crippen molar-refractivity contribution in [1.82, 2.24) is 4.98 Å². The van der Waals surface area contributed by atoms with E-state index in [2.05, 4.69) is 4.98 Å². The second kappa shape index (κ2) is 6.56. The van der Waals surface area contributed by atoms with Gasteiger partial charge in [0.05, 0.1) is 12.8 Å². The molecule has 2 aromatic rings. The Morgan fingerprint density at radius 1 is 1.30 bits per heavy atom. The van der Waals surface area contributed by atoms with Gasteiger partial charge in [-0.1, -0.05) is 6.92 Å². The van der Waals surface area contributed by atoms with E-state index in [4.69, 9.17) is 9.84 Å². The van der Waals surface area contributed by atoms with Gasteiger partial charge in [-0.15, -0.1) is 0 Å².